The Morgan fingerprint density at radius 3 is 2.67 bits per heavy atom. The van der Waals surface area contributed by atoms with Gasteiger partial charge in [0.2, 0.25) is 0 Å². The van der Waals surface area contributed by atoms with Crippen LogP contribution in [0.3, 0.4) is 0 Å². The van der Waals surface area contributed by atoms with Gasteiger partial charge in [-0.25, -0.2) is 0 Å². The van der Waals surface area contributed by atoms with E-state index < -0.39 is 0 Å². The largest absolute Gasteiger partial charge is 0.496 e. The highest BCUT2D eigenvalue weighted by Crippen LogP contribution is 2.18. The van der Waals surface area contributed by atoms with Gasteiger partial charge in [0.15, 0.2) is 0 Å². The minimum atomic E-state index is 0.777. The molecule has 0 radical (unpaired) electrons. The van der Waals surface area contributed by atoms with Gasteiger partial charge in [0, 0.05) is 11.3 Å². The Balaban J connectivity index is 3.05. The topological polar surface area (TPSA) is 35.2 Å². The Kier molecular flexibility index (Phi) is 2.75. The summed E-state index contributed by atoms with van der Waals surface area (Å²) in [4.78, 5) is 0. The third-order valence-corrected chi connectivity index (χ3v) is 1.52. The Bertz CT molecular complexity index is 288. The second-order valence-electron chi connectivity index (χ2n) is 2.63. The Morgan fingerprint density at radius 2 is 2.08 bits per heavy atom. The van der Waals surface area contributed by atoms with E-state index in [1.807, 2.05) is 37.3 Å². The van der Waals surface area contributed by atoms with Gasteiger partial charge in [0.25, 0.3) is 0 Å². The van der Waals surface area contributed by atoms with Gasteiger partial charge in [-0.15, -0.1) is 0 Å². The molecule has 0 fully saturated rings. The zero-order valence-corrected chi connectivity index (χ0v) is 7.37. The minimum absolute atomic E-state index is 0.777. The normalized spacial score (nSPS) is 11.3. The SMILES string of the molecule is COc1ccccc1/C=C(\C)N. The van der Waals surface area contributed by atoms with Crippen molar-refractivity contribution in [3.8, 4) is 5.75 Å². The van der Waals surface area contributed by atoms with Gasteiger partial charge >= 0.3 is 0 Å². The van der Waals surface area contributed by atoms with Crippen LogP contribution >= 0.6 is 0 Å². The summed E-state index contributed by atoms with van der Waals surface area (Å²) < 4.78 is 5.15. The van der Waals surface area contributed by atoms with Gasteiger partial charge in [0.05, 0.1) is 7.11 Å². The second-order valence-corrected chi connectivity index (χ2v) is 2.63. The van der Waals surface area contributed by atoms with E-state index in [1.165, 1.54) is 0 Å². The molecule has 1 aromatic rings. The van der Waals surface area contributed by atoms with Crippen molar-refractivity contribution >= 4 is 6.08 Å². The first-order valence-electron chi connectivity index (χ1n) is 3.81. The number of nitrogens with two attached hydrogens (primary N) is 1. The van der Waals surface area contributed by atoms with E-state index in [-0.39, 0.29) is 0 Å². The summed E-state index contributed by atoms with van der Waals surface area (Å²) in [5, 5.41) is 0. The fourth-order valence-corrected chi connectivity index (χ4v) is 1.03. The maximum atomic E-state index is 5.55. The lowest BCUT2D eigenvalue weighted by molar-refractivity contribution is 0.414. The van der Waals surface area contributed by atoms with E-state index in [0.717, 1.165) is 17.0 Å². The average Bonchev–Trinajstić information content (AvgIpc) is 2.04. The molecule has 0 heterocycles. The first-order valence-corrected chi connectivity index (χ1v) is 3.81. The molecule has 0 saturated carbocycles. The molecule has 0 amide bonds. The molecule has 0 saturated heterocycles. The molecule has 2 heteroatoms. The number of rotatable bonds is 2. The number of methoxy groups -OCH3 is 1. The number of para-hydroxylation sites is 1. The predicted molar refractivity (Wildman–Crippen MR) is 50.8 cm³/mol. The molecule has 0 aliphatic rings. The molecule has 0 aliphatic carbocycles. The molecule has 0 aromatic heterocycles. The lowest BCUT2D eigenvalue weighted by atomic mass is 10.2. The molecule has 0 aliphatic heterocycles. The van der Waals surface area contributed by atoms with Gasteiger partial charge in [0.1, 0.15) is 5.75 Å². The summed E-state index contributed by atoms with van der Waals surface area (Å²) >= 11 is 0. The maximum Gasteiger partial charge on any atom is 0.126 e. The highest BCUT2D eigenvalue weighted by atomic mass is 16.5. The Labute approximate surface area is 72.7 Å². The van der Waals surface area contributed by atoms with Crippen molar-refractivity contribution in [2.45, 2.75) is 6.92 Å². The van der Waals surface area contributed by atoms with Crippen LogP contribution in [0.2, 0.25) is 0 Å². The quantitative estimate of drug-likeness (QED) is 0.723. The number of hydrogen-bond acceptors (Lipinski definition) is 2. The molecule has 2 N–H and O–H groups in total. The van der Waals surface area contributed by atoms with E-state index in [4.69, 9.17) is 10.5 Å². The monoisotopic (exact) mass is 163 g/mol. The molecule has 1 aromatic carbocycles. The smallest absolute Gasteiger partial charge is 0.126 e. The van der Waals surface area contributed by atoms with Crippen LogP contribution in [0.5, 0.6) is 5.75 Å². The average molecular weight is 163 g/mol. The number of ether oxygens (including phenoxy) is 1. The van der Waals surface area contributed by atoms with Crippen LogP contribution in [0, 0.1) is 0 Å². The van der Waals surface area contributed by atoms with Crippen molar-refractivity contribution in [2.24, 2.45) is 5.73 Å². The molecule has 1 rings (SSSR count). The van der Waals surface area contributed by atoms with Gasteiger partial charge in [-0.05, 0) is 19.1 Å². The lowest BCUT2D eigenvalue weighted by Crippen LogP contribution is -1.91. The summed E-state index contributed by atoms with van der Waals surface area (Å²) in [5.41, 5.74) is 7.34. The Morgan fingerprint density at radius 1 is 1.42 bits per heavy atom. The second kappa shape index (κ2) is 3.81. The number of allylic oxidation sites excluding steroid dienone is 1. The fourth-order valence-electron chi connectivity index (χ4n) is 1.03. The van der Waals surface area contributed by atoms with Crippen molar-refractivity contribution in [2.75, 3.05) is 7.11 Å². The van der Waals surface area contributed by atoms with Crippen LogP contribution in [-0.2, 0) is 0 Å². The first kappa shape index (κ1) is 8.65. The van der Waals surface area contributed by atoms with E-state index >= 15 is 0 Å². The Hall–Kier alpha value is -1.44. The molecule has 0 spiro atoms. The van der Waals surface area contributed by atoms with Crippen LogP contribution < -0.4 is 10.5 Å². The minimum Gasteiger partial charge on any atom is -0.496 e. The molecule has 0 bridgehead atoms. The van der Waals surface area contributed by atoms with E-state index in [0.29, 0.717) is 0 Å². The van der Waals surface area contributed by atoms with E-state index in [1.54, 1.807) is 7.11 Å². The van der Waals surface area contributed by atoms with Gasteiger partial charge in [-0.3, -0.25) is 0 Å². The van der Waals surface area contributed by atoms with Gasteiger partial charge < -0.3 is 10.5 Å². The maximum absolute atomic E-state index is 5.55. The fraction of sp³-hybridized carbons (Fsp3) is 0.200. The van der Waals surface area contributed by atoms with Crippen LogP contribution in [0.1, 0.15) is 12.5 Å². The van der Waals surface area contributed by atoms with Crippen LogP contribution in [-0.4, -0.2) is 7.11 Å². The molecular formula is C10H13NO. The third kappa shape index (κ3) is 2.02. The predicted octanol–water partition coefficient (Wildman–Crippen LogP) is 2.01. The summed E-state index contributed by atoms with van der Waals surface area (Å²) in [6.07, 6.45) is 1.89. The van der Waals surface area contributed by atoms with Gasteiger partial charge in [-0.1, -0.05) is 18.2 Å². The summed E-state index contributed by atoms with van der Waals surface area (Å²) in [7, 11) is 1.65. The molecule has 0 atom stereocenters. The molecule has 2 nitrogen and oxygen atoms in total. The number of benzene rings is 1. The van der Waals surface area contributed by atoms with Crippen molar-refractivity contribution in [3.05, 3.63) is 35.5 Å². The van der Waals surface area contributed by atoms with Crippen molar-refractivity contribution in [3.63, 3.8) is 0 Å². The number of hydrogen-bond donors (Lipinski definition) is 1. The molecular weight excluding hydrogens is 150 g/mol. The summed E-state index contributed by atoms with van der Waals surface area (Å²) in [5.74, 6) is 0.849. The summed E-state index contributed by atoms with van der Waals surface area (Å²) in [6.45, 7) is 1.85. The zero-order chi connectivity index (χ0) is 8.97. The van der Waals surface area contributed by atoms with Crippen molar-refractivity contribution < 1.29 is 4.74 Å². The van der Waals surface area contributed by atoms with E-state index in [9.17, 15) is 0 Å². The molecule has 64 valence electrons. The van der Waals surface area contributed by atoms with Crippen LogP contribution in [0.15, 0.2) is 30.0 Å². The van der Waals surface area contributed by atoms with Crippen molar-refractivity contribution in [1.82, 2.24) is 0 Å². The van der Waals surface area contributed by atoms with E-state index in [2.05, 4.69) is 0 Å². The lowest BCUT2D eigenvalue weighted by Gasteiger charge is -2.03. The molecule has 12 heavy (non-hydrogen) atoms. The summed E-state index contributed by atoms with van der Waals surface area (Å²) in [6, 6.07) is 7.77. The standard InChI is InChI=1S/C10H13NO/c1-8(11)7-9-5-3-4-6-10(9)12-2/h3-7H,11H2,1-2H3/b8-7+. The third-order valence-electron chi connectivity index (χ3n) is 1.52. The molecule has 0 unspecified atom stereocenters. The van der Waals surface area contributed by atoms with Crippen LogP contribution in [0.25, 0.3) is 6.08 Å². The highest BCUT2D eigenvalue weighted by Gasteiger charge is 1.96. The first-order chi connectivity index (χ1) is 5.74. The van der Waals surface area contributed by atoms with Crippen LogP contribution in [0.4, 0.5) is 0 Å². The van der Waals surface area contributed by atoms with Crippen molar-refractivity contribution in [1.29, 1.82) is 0 Å². The van der Waals surface area contributed by atoms with Gasteiger partial charge in [-0.2, -0.15) is 0 Å². The highest BCUT2D eigenvalue weighted by molar-refractivity contribution is 5.58. The zero-order valence-electron chi connectivity index (χ0n) is 7.37.